The zero-order chi connectivity index (χ0) is 20.6. The fourth-order valence-corrected chi connectivity index (χ4v) is 5.61. The third-order valence-electron chi connectivity index (χ3n) is 5.40. The maximum absolute atomic E-state index is 12.6. The number of imidazole rings is 1. The molecule has 1 aliphatic carbocycles. The van der Waals surface area contributed by atoms with Crippen molar-refractivity contribution in [2.24, 2.45) is 0 Å². The number of fused-ring (bicyclic) bond motifs is 1. The van der Waals surface area contributed by atoms with E-state index in [0.717, 1.165) is 24.2 Å². The molecule has 0 unspecified atom stereocenters. The van der Waals surface area contributed by atoms with Crippen LogP contribution in [0.4, 0.5) is 0 Å². The standard InChI is InChI=1S/C21H22BrN3O3S/c1-14-23-19-12-15(10-11-20(19)25(14)17-7-3-2-4-8-17)21(26)24-29(27,28)18-9-5-6-16(22)13-18/h5-6,9-13,17H,2-4,7-8H2,1H3,(H,24,26). The average Bonchev–Trinajstić information content (AvgIpc) is 3.03. The van der Waals surface area contributed by atoms with Gasteiger partial charge in [-0.1, -0.05) is 41.3 Å². The van der Waals surface area contributed by atoms with Crippen molar-refractivity contribution in [3.63, 3.8) is 0 Å². The van der Waals surface area contributed by atoms with Gasteiger partial charge in [0, 0.05) is 16.1 Å². The van der Waals surface area contributed by atoms with Crippen LogP contribution in [0.15, 0.2) is 51.8 Å². The number of nitrogens with zero attached hydrogens (tertiary/aromatic N) is 2. The first-order valence-corrected chi connectivity index (χ1v) is 11.9. The smallest absolute Gasteiger partial charge is 0.265 e. The number of hydrogen-bond acceptors (Lipinski definition) is 4. The Morgan fingerprint density at radius 2 is 1.90 bits per heavy atom. The van der Waals surface area contributed by atoms with E-state index >= 15 is 0 Å². The van der Waals surface area contributed by atoms with E-state index in [4.69, 9.17) is 0 Å². The van der Waals surface area contributed by atoms with Gasteiger partial charge < -0.3 is 4.57 Å². The molecule has 29 heavy (non-hydrogen) atoms. The molecule has 1 saturated carbocycles. The highest BCUT2D eigenvalue weighted by molar-refractivity contribution is 9.10. The number of halogens is 1. The fourth-order valence-electron chi connectivity index (χ4n) is 4.03. The molecule has 0 radical (unpaired) electrons. The summed E-state index contributed by atoms with van der Waals surface area (Å²) < 4.78 is 30.1. The van der Waals surface area contributed by atoms with E-state index in [9.17, 15) is 13.2 Å². The summed E-state index contributed by atoms with van der Waals surface area (Å²) in [5.74, 6) is 0.253. The third-order valence-corrected chi connectivity index (χ3v) is 7.22. The first kappa shape index (κ1) is 20.1. The third kappa shape index (κ3) is 4.09. The van der Waals surface area contributed by atoms with Gasteiger partial charge in [-0.2, -0.15) is 0 Å². The summed E-state index contributed by atoms with van der Waals surface area (Å²) in [7, 11) is -3.96. The normalized spacial score (nSPS) is 15.5. The lowest BCUT2D eigenvalue weighted by Gasteiger charge is -2.25. The van der Waals surface area contributed by atoms with E-state index in [0.29, 0.717) is 16.0 Å². The minimum Gasteiger partial charge on any atom is -0.325 e. The number of nitrogens with one attached hydrogen (secondary N) is 1. The number of aromatic nitrogens is 2. The summed E-state index contributed by atoms with van der Waals surface area (Å²) in [5, 5.41) is 0. The molecular weight excluding hydrogens is 454 g/mol. The minimum atomic E-state index is -3.96. The molecule has 1 aromatic heterocycles. The lowest BCUT2D eigenvalue weighted by Crippen LogP contribution is -2.30. The van der Waals surface area contributed by atoms with Crippen LogP contribution >= 0.6 is 15.9 Å². The predicted molar refractivity (Wildman–Crippen MR) is 115 cm³/mol. The molecular formula is C21H22BrN3O3S. The Kier molecular flexibility index (Phi) is 5.48. The van der Waals surface area contributed by atoms with Crippen molar-refractivity contribution >= 4 is 42.9 Å². The number of benzene rings is 2. The van der Waals surface area contributed by atoms with Crippen LogP contribution in [0.1, 0.15) is 54.3 Å². The molecule has 0 bridgehead atoms. The molecule has 1 fully saturated rings. The number of amides is 1. The van der Waals surface area contributed by atoms with E-state index < -0.39 is 15.9 Å². The molecule has 4 rings (SSSR count). The number of sulfonamides is 1. The number of hydrogen-bond donors (Lipinski definition) is 1. The quantitative estimate of drug-likeness (QED) is 0.591. The average molecular weight is 476 g/mol. The molecule has 6 nitrogen and oxygen atoms in total. The van der Waals surface area contributed by atoms with Gasteiger partial charge in [-0.3, -0.25) is 4.79 Å². The molecule has 0 spiro atoms. The van der Waals surface area contributed by atoms with Crippen molar-refractivity contribution in [1.82, 2.24) is 14.3 Å². The van der Waals surface area contributed by atoms with Crippen LogP contribution in [0.5, 0.6) is 0 Å². The van der Waals surface area contributed by atoms with Crippen LogP contribution in [0.2, 0.25) is 0 Å². The minimum absolute atomic E-state index is 0.0266. The highest BCUT2D eigenvalue weighted by atomic mass is 79.9. The van der Waals surface area contributed by atoms with Crippen LogP contribution in [0, 0.1) is 6.92 Å². The van der Waals surface area contributed by atoms with E-state index in [1.807, 2.05) is 13.0 Å². The van der Waals surface area contributed by atoms with E-state index in [2.05, 4.69) is 30.2 Å². The number of aryl methyl sites for hydroxylation is 1. The van der Waals surface area contributed by atoms with Crippen molar-refractivity contribution in [2.45, 2.75) is 50.0 Å². The van der Waals surface area contributed by atoms with Crippen molar-refractivity contribution in [1.29, 1.82) is 0 Å². The maximum atomic E-state index is 12.6. The number of rotatable bonds is 4. The molecule has 0 atom stereocenters. The molecule has 1 amide bonds. The maximum Gasteiger partial charge on any atom is 0.265 e. The number of carbonyl (C=O) groups excluding carboxylic acids is 1. The Hall–Kier alpha value is -2.19. The summed E-state index contributed by atoms with van der Waals surface area (Å²) >= 11 is 3.25. The second kappa shape index (κ2) is 7.91. The lowest BCUT2D eigenvalue weighted by molar-refractivity contribution is 0.0981. The van der Waals surface area contributed by atoms with Gasteiger partial charge in [0.1, 0.15) is 5.82 Å². The topological polar surface area (TPSA) is 81.1 Å². The second-order valence-corrected chi connectivity index (χ2v) is 10.0. The Bertz CT molecular complexity index is 1180. The summed E-state index contributed by atoms with van der Waals surface area (Å²) in [6.45, 7) is 1.98. The first-order chi connectivity index (χ1) is 13.8. The Balaban J connectivity index is 1.62. The van der Waals surface area contributed by atoms with Gasteiger partial charge in [-0.05, 0) is 56.2 Å². The van der Waals surface area contributed by atoms with Gasteiger partial charge in [-0.15, -0.1) is 0 Å². The van der Waals surface area contributed by atoms with E-state index in [1.165, 1.54) is 31.4 Å². The van der Waals surface area contributed by atoms with Crippen molar-refractivity contribution < 1.29 is 13.2 Å². The van der Waals surface area contributed by atoms with Crippen molar-refractivity contribution in [3.05, 3.63) is 58.3 Å². The van der Waals surface area contributed by atoms with Crippen molar-refractivity contribution in [3.8, 4) is 0 Å². The van der Waals surface area contributed by atoms with Gasteiger partial charge in [0.2, 0.25) is 0 Å². The predicted octanol–water partition coefficient (Wildman–Crippen LogP) is 4.73. The van der Waals surface area contributed by atoms with Gasteiger partial charge in [0.15, 0.2) is 0 Å². The SMILES string of the molecule is Cc1nc2cc(C(=O)NS(=O)(=O)c3cccc(Br)c3)ccc2n1C1CCCCC1. The Labute approximate surface area is 178 Å². The monoisotopic (exact) mass is 475 g/mol. The summed E-state index contributed by atoms with van der Waals surface area (Å²) in [6.07, 6.45) is 5.99. The van der Waals surface area contributed by atoms with Crippen molar-refractivity contribution in [2.75, 3.05) is 0 Å². The largest absolute Gasteiger partial charge is 0.325 e. The molecule has 0 aliphatic heterocycles. The van der Waals surface area contributed by atoms with Gasteiger partial charge in [0.25, 0.3) is 15.9 Å². The zero-order valence-electron chi connectivity index (χ0n) is 16.1. The molecule has 1 aliphatic rings. The lowest BCUT2D eigenvalue weighted by atomic mass is 9.95. The van der Waals surface area contributed by atoms with Crippen LogP contribution in [-0.4, -0.2) is 23.9 Å². The van der Waals surface area contributed by atoms with Gasteiger partial charge in [0.05, 0.1) is 15.9 Å². The highest BCUT2D eigenvalue weighted by Gasteiger charge is 2.22. The summed E-state index contributed by atoms with van der Waals surface area (Å²) in [5.41, 5.74) is 1.96. The second-order valence-electron chi connectivity index (χ2n) is 7.42. The van der Waals surface area contributed by atoms with E-state index in [-0.39, 0.29) is 10.5 Å². The molecule has 3 aromatic rings. The fraction of sp³-hybridized carbons (Fsp3) is 0.333. The summed E-state index contributed by atoms with van der Waals surface area (Å²) in [6, 6.07) is 11.8. The van der Waals surface area contributed by atoms with Crippen LogP contribution in [0.3, 0.4) is 0 Å². The van der Waals surface area contributed by atoms with Crippen LogP contribution in [-0.2, 0) is 10.0 Å². The zero-order valence-corrected chi connectivity index (χ0v) is 18.5. The van der Waals surface area contributed by atoms with Crippen LogP contribution in [0.25, 0.3) is 11.0 Å². The molecule has 0 saturated heterocycles. The Morgan fingerprint density at radius 3 is 2.62 bits per heavy atom. The molecule has 1 N–H and O–H groups in total. The van der Waals surface area contributed by atoms with E-state index in [1.54, 1.807) is 24.3 Å². The molecule has 1 heterocycles. The van der Waals surface area contributed by atoms with Gasteiger partial charge in [-0.25, -0.2) is 18.1 Å². The highest BCUT2D eigenvalue weighted by Crippen LogP contribution is 2.32. The Morgan fingerprint density at radius 1 is 1.14 bits per heavy atom. The molecule has 152 valence electrons. The first-order valence-electron chi connectivity index (χ1n) is 9.66. The molecule has 2 aromatic carbocycles. The van der Waals surface area contributed by atoms with Crippen LogP contribution < -0.4 is 4.72 Å². The summed E-state index contributed by atoms with van der Waals surface area (Å²) in [4.78, 5) is 17.3. The number of carbonyl (C=O) groups is 1. The van der Waals surface area contributed by atoms with Gasteiger partial charge >= 0.3 is 0 Å². The molecule has 8 heteroatoms.